The molecule has 0 aliphatic carbocycles. The predicted octanol–water partition coefficient (Wildman–Crippen LogP) is 5.56. The van der Waals surface area contributed by atoms with Gasteiger partial charge in [-0.3, -0.25) is 9.59 Å². The van der Waals surface area contributed by atoms with E-state index in [4.69, 9.17) is 30.9 Å². The number of carbonyl (C=O) groups excluding carboxylic acids is 2. The number of halogens is 2. The van der Waals surface area contributed by atoms with E-state index in [0.29, 0.717) is 20.0 Å². The van der Waals surface area contributed by atoms with Crippen LogP contribution in [0, 0.1) is 0 Å². The molecule has 50 heavy (non-hydrogen) atoms. The molecule has 14 nitrogen and oxygen atoms in total. The number of aryl methyl sites for hydroxylation is 2. The molecule has 6 N–H and O–H groups in total. The molecule has 0 fully saturated rings. The monoisotopic (exact) mass is 804 g/mol. The number of nitrogens with two attached hydrogens (primary N) is 2. The third-order valence-corrected chi connectivity index (χ3v) is 9.13. The van der Waals surface area contributed by atoms with Gasteiger partial charge in [0.15, 0.2) is 11.5 Å². The number of benzene rings is 4. The van der Waals surface area contributed by atoms with E-state index in [1.54, 1.807) is 45.5 Å². The Hall–Kier alpha value is -5.74. The molecule has 4 aromatic carbocycles. The van der Waals surface area contributed by atoms with E-state index in [1.165, 1.54) is 38.5 Å². The van der Waals surface area contributed by atoms with Gasteiger partial charge in [-0.25, -0.2) is 19.6 Å². The Morgan fingerprint density at radius 2 is 1.02 bits per heavy atom. The number of hydrogen-bond acceptors (Lipinski definition) is 8. The first kappa shape index (κ1) is 34.1. The summed E-state index contributed by atoms with van der Waals surface area (Å²) in [5.41, 5.74) is 13.4. The molecular formula is C34H26Br2N6O8. The smallest absolute Gasteiger partial charge is 0.336 e. The second kappa shape index (κ2) is 13.3. The van der Waals surface area contributed by atoms with Crippen molar-refractivity contribution < 1.29 is 38.9 Å². The molecule has 0 radical (unpaired) electrons. The van der Waals surface area contributed by atoms with Crippen molar-refractivity contribution in [1.29, 1.82) is 0 Å². The van der Waals surface area contributed by atoms with E-state index in [1.807, 2.05) is 0 Å². The number of aromatic carboxylic acids is 2. The molecule has 0 spiro atoms. The van der Waals surface area contributed by atoms with E-state index in [2.05, 4.69) is 31.9 Å². The molecule has 0 aliphatic rings. The highest BCUT2D eigenvalue weighted by Gasteiger charge is 2.26. The van der Waals surface area contributed by atoms with Crippen molar-refractivity contribution in [2.24, 2.45) is 11.5 Å². The van der Waals surface area contributed by atoms with Crippen molar-refractivity contribution in [2.75, 3.05) is 14.2 Å². The van der Waals surface area contributed by atoms with Crippen LogP contribution in [0.4, 0.5) is 0 Å². The molecule has 2 amide bonds. The Morgan fingerprint density at radius 3 is 1.34 bits per heavy atom. The first-order chi connectivity index (χ1) is 23.9. The summed E-state index contributed by atoms with van der Waals surface area (Å²) in [6, 6.07) is 15.8. The number of nitrogens with zero attached hydrogens (tertiary/aromatic N) is 4. The number of aromatic nitrogens is 4. The predicted molar refractivity (Wildman–Crippen MR) is 190 cm³/mol. The normalized spacial score (nSPS) is 11.2. The van der Waals surface area contributed by atoms with Crippen LogP contribution in [0.5, 0.6) is 11.5 Å². The molecule has 0 saturated heterocycles. The number of carboxylic acids is 2. The van der Waals surface area contributed by atoms with Crippen LogP contribution in [0.25, 0.3) is 44.8 Å². The molecule has 0 unspecified atom stereocenters. The zero-order chi connectivity index (χ0) is 36.0. The summed E-state index contributed by atoms with van der Waals surface area (Å²) in [5.74, 6) is -3.14. The zero-order valence-corrected chi connectivity index (χ0v) is 29.4. The molecular weight excluding hydrogens is 780 g/mol. The lowest BCUT2D eigenvalue weighted by atomic mass is 10.1. The molecule has 0 atom stereocenters. The number of carbonyl (C=O) groups is 4. The van der Waals surface area contributed by atoms with Crippen LogP contribution in [0.3, 0.4) is 0 Å². The van der Waals surface area contributed by atoms with E-state index in [0.717, 1.165) is 0 Å². The summed E-state index contributed by atoms with van der Waals surface area (Å²) in [4.78, 5) is 59.0. The van der Waals surface area contributed by atoms with Crippen molar-refractivity contribution in [1.82, 2.24) is 19.1 Å². The van der Waals surface area contributed by atoms with Crippen molar-refractivity contribution in [3.05, 3.63) is 91.9 Å². The van der Waals surface area contributed by atoms with Crippen molar-refractivity contribution in [2.45, 2.75) is 13.1 Å². The molecule has 2 heterocycles. The summed E-state index contributed by atoms with van der Waals surface area (Å²) < 4.78 is 15.8. The third-order valence-electron chi connectivity index (χ3n) is 8.14. The summed E-state index contributed by atoms with van der Waals surface area (Å²) in [7, 11) is 2.75. The lowest BCUT2D eigenvalue weighted by molar-refractivity contribution is 0.0686. The minimum Gasteiger partial charge on any atom is -0.494 e. The Bertz CT molecular complexity index is 2250. The van der Waals surface area contributed by atoms with E-state index >= 15 is 0 Å². The quantitative estimate of drug-likeness (QED) is 0.128. The Labute approximate surface area is 299 Å². The van der Waals surface area contributed by atoms with Crippen molar-refractivity contribution in [3.63, 3.8) is 0 Å². The fraction of sp³-hybridized carbons (Fsp3) is 0.118. The van der Waals surface area contributed by atoms with Crippen LogP contribution in [0.1, 0.15) is 41.4 Å². The third kappa shape index (κ3) is 5.81. The maximum Gasteiger partial charge on any atom is 0.336 e. The standard InChI is InChI=1S/C34H26Br2N6O8/c1-49-27-19(29(37)43)7-9-23-25(27)39-31(17-5-3-15(35)13-21(17)33(45)46)41(23)11-12-42-24-10-8-20(30(38)44)28(50-2)26(24)40-32(42)18-6-4-16(36)14-22(18)34(47)48/h3-10,13-14H,11-12H2,1-2H3,(H2,37,43)(H2,38,44)(H,45,46)(H,47,48). The number of carboxylic acid groups (broad SMARTS) is 2. The summed E-state index contributed by atoms with van der Waals surface area (Å²) in [5, 5.41) is 20.3. The van der Waals surface area contributed by atoms with E-state index in [-0.39, 0.29) is 80.7 Å². The van der Waals surface area contributed by atoms with Gasteiger partial charge in [-0.1, -0.05) is 31.9 Å². The highest BCUT2D eigenvalue weighted by molar-refractivity contribution is 9.10. The number of methoxy groups -OCH3 is 2. The number of fused-ring (bicyclic) bond motifs is 2. The fourth-order valence-corrected chi connectivity index (χ4v) is 6.70. The molecule has 254 valence electrons. The van der Waals surface area contributed by atoms with Gasteiger partial charge in [-0.15, -0.1) is 0 Å². The van der Waals surface area contributed by atoms with Gasteiger partial charge in [0, 0.05) is 33.2 Å². The van der Waals surface area contributed by atoms with Crippen molar-refractivity contribution >= 4 is 77.7 Å². The van der Waals surface area contributed by atoms with E-state index in [9.17, 15) is 29.4 Å². The summed E-state index contributed by atoms with van der Waals surface area (Å²) in [6.07, 6.45) is 0. The highest BCUT2D eigenvalue weighted by atomic mass is 79.9. The maximum absolute atomic E-state index is 12.4. The number of rotatable bonds is 11. The lowest BCUT2D eigenvalue weighted by Gasteiger charge is -2.15. The average molecular weight is 806 g/mol. The number of hydrogen-bond donors (Lipinski definition) is 4. The largest absolute Gasteiger partial charge is 0.494 e. The number of amides is 2. The van der Waals surface area contributed by atoms with Gasteiger partial charge in [0.1, 0.15) is 22.7 Å². The van der Waals surface area contributed by atoms with Crippen LogP contribution in [-0.4, -0.2) is 67.3 Å². The van der Waals surface area contributed by atoms with Crippen LogP contribution in [-0.2, 0) is 13.1 Å². The van der Waals surface area contributed by atoms with Gasteiger partial charge < -0.3 is 40.3 Å². The maximum atomic E-state index is 12.4. The summed E-state index contributed by atoms with van der Waals surface area (Å²) in [6.45, 7) is 0.245. The molecule has 0 bridgehead atoms. The van der Waals surface area contributed by atoms with Crippen LogP contribution >= 0.6 is 31.9 Å². The van der Waals surface area contributed by atoms with Crippen LogP contribution < -0.4 is 20.9 Å². The second-order valence-electron chi connectivity index (χ2n) is 10.9. The Balaban J connectivity index is 1.63. The minimum atomic E-state index is -1.19. The highest BCUT2D eigenvalue weighted by Crippen LogP contribution is 2.38. The lowest BCUT2D eigenvalue weighted by Crippen LogP contribution is -2.14. The summed E-state index contributed by atoms with van der Waals surface area (Å²) >= 11 is 6.68. The van der Waals surface area contributed by atoms with Gasteiger partial charge in [0.2, 0.25) is 0 Å². The van der Waals surface area contributed by atoms with Gasteiger partial charge in [0.05, 0.1) is 47.5 Å². The van der Waals surface area contributed by atoms with E-state index < -0.39 is 23.8 Å². The van der Waals surface area contributed by atoms with Gasteiger partial charge in [-0.05, 0) is 60.7 Å². The zero-order valence-electron chi connectivity index (χ0n) is 26.2. The molecule has 0 aliphatic heterocycles. The molecule has 2 aromatic heterocycles. The first-order valence-corrected chi connectivity index (χ1v) is 16.2. The molecule has 0 saturated carbocycles. The van der Waals surface area contributed by atoms with Crippen LogP contribution in [0.15, 0.2) is 69.6 Å². The number of ether oxygens (including phenoxy) is 2. The SMILES string of the molecule is COc1c(C(N)=O)ccc2c1nc(-c1ccc(Br)cc1C(=O)O)n2CCn1c(-c2ccc(Br)cc2C(=O)O)nc2c(OC)c(C(N)=O)ccc21. The number of imidazole rings is 2. The van der Waals surface area contributed by atoms with Crippen molar-refractivity contribution in [3.8, 4) is 34.3 Å². The first-order valence-electron chi connectivity index (χ1n) is 14.7. The average Bonchev–Trinajstić information content (AvgIpc) is 3.64. The van der Waals surface area contributed by atoms with Gasteiger partial charge in [-0.2, -0.15) is 0 Å². The van der Waals surface area contributed by atoms with Gasteiger partial charge in [0.25, 0.3) is 11.8 Å². The molecule has 6 rings (SSSR count). The minimum absolute atomic E-state index is 0.0385. The van der Waals surface area contributed by atoms with Crippen LogP contribution in [0.2, 0.25) is 0 Å². The molecule has 6 aromatic rings. The Morgan fingerprint density at radius 1 is 0.640 bits per heavy atom. The Kier molecular flexibility index (Phi) is 9.07. The van der Waals surface area contributed by atoms with Gasteiger partial charge >= 0.3 is 11.9 Å². The number of primary amides is 2. The fourth-order valence-electron chi connectivity index (χ4n) is 5.98. The molecule has 16 heteroatoms. The second-order valence-corrected chi connectivity index (χ2v) is 12.8. The topological polar surface area (TPSA) is 215 Å².